The van der Waals surface area contributed by atoms with E-state index < -0.39 is 0 Å². The van der Waals surface area contributed by atoms with Crippen molar-refractivity contribution in [1.29, 1.82) is 0 Å². The number of halogens is 1. The Morgan fingerprint density at radius 2 is 1.88 bits per heavy atom. The van der Waals surface area contributed by atoms with Gasteiger partial charge in [-0.25, -0.2) is 4.98 Å². The third kappa shape index (κ3) is 4.18. The second-order valence-electron chi connectivity index (χ2n) is 6.35. The minimum Gasteiger partial charge on any atom is -0.325 e. The Kier molecular flexibility index (Phi) is 5.06. The fraction of sp³-hybridized carbons (Fsp3) is 0.263. The zero-order valence-corrected chi connectivity index (χ0v) is 15.3. The molecule has 0 fully saturated rings. The number of nitrogens with one attached hydrogen (secondary N) is 1. The number of aromatic nitrogens is 2. The lowest BCUT2D eigenvalue weighted by atomic mass is 10.1. The van der Waals surface area contributed by atoms with Crippen LogP contribution < -0.4 is 5.32 Å². The molecule has 6 heteroatoms. The van der Waals surface area contributed by atoms with E-state index in [1.54, 1.807) is 24.3 Å². The number of nitrogens with zero attached hydrogens (tertiary/aromatic N) is 3. The number of benzene rings is 2. The zero-order valence-electron chi connectivity index (χ0n) is 14.6. The van der Waals surface area contributed by atoms with Crippen molar-refractivity contribution in [2.24, 2.45) is 0 Å². The first-order valence-electron chi connectivity index (χ1n) is 8.08. The molecule has 3 aromatic rings. The van der Waals surface area contributed by atoms with Gasteiger partial charge in [-0.2, -0.15) is 0 Å². The first-order valence-corrected chi connectivity index (χ1v) is 8.46. The minimum absolute atomic E-state index is 0.0683. The molecule has 0 atom stereocenters. The summed E-state index contributed by atoms with van der Waals surface area (Å²) in [6, 6.07) is 11.3. The summed E-state index contributed by atoms with van der Waals surface area (Å²) < 4.78 is 2.05. The maximum atomic E-state index is 12.2. The number of hydrogen-bond acceptors (Lipinski definition) is 3. The van der Waals surface area contributed by atoms with Gasteiger partial charge >= 0.3 is 0 Å². The predicted octanol–water partition coefficient (Wildman–Crippen LogP) is 3.83. The van der Waals surface area contributed by atoms with Crippen LogP contribution in [0.4, 0.5) is 5.69 Å². The van der Waals surface area contributed by atoms with E-state index in [9.17, 15) is 4.79 Å². The number of aryl methyl sites for hydroxylation is 2. The molecule has 3 rings (SSSR count). The van der Waals surface area contributed by atoms with Gasteiger partial charge in [0.25, 0.3) is 0 Å². The fourth-order valence-corrected chi connectivity index (χ4v) is 2.84. The van der Waals surface area contributed by atoms with Crippen molar-refractivity contribution in [3.8, 4) is 0 Å². The average molecular weight is 357 g/mol. The third-order valence-corrected chi connectivity index (χ3v) is 4.42. The minimum atomic E-state index is -0.0683. The molecule has 1 aromatic heterocycles. The van der Waals surface area contributed by atoms with Crippen LogP contribution in [0.1, 0.15) is 11.1 Å². The van der Waals surface area contributed by atoms with Crippen molar-refractivity contribution >= 4 is 34.2 Å². The Hall–Kier alpha value is -2.37. The first kappa shape index (κ1) is 17.5. The lowest BCUT2D eigenvalue weighted by Crippen LogP contribution is -2.31. The molecule has 0 saturated carbocycles. The zero-order chi connectivity index (χ0) is 18.0. The highest BCUT2D eigenvalue weighted by molar-refractivity contribution is 6.30. The van der Waals surface area contributed by atoms with Crippen LogP contribution in [0.5, 0.6) is 0 Å². The smallest absolute Gasteiger partial charge is 0.238 e. The second-order valence-corrected chi connectivity index (χ2v) is 6.79. The van der Waals surface area contributed by atoms with E-state index in [2.05, 4.69) is 40.8 Å². The quantitative estimate of drug-likeness (QED) is 0.755. The summed E-state index contributed by atoms with van der Waals surface area (Å²) in [7, 11) is 1.91. The van der Waals surface area contributed by atoms with E-state index in [1.807, 2.05) is 18.3 Å². The number of anilines is 1. The predicted molar refractivity (Wildman–Crippen MR) is 102 cm³/mol. The summed E-state index contributed by atoms with van der Waals surface area (Å²) in [5, 5.41) is 3.52. The molecule has 0 aliphatic carbocycles. The molecule has 0 saturated heterocycles. The monoisotopic (exact) mass is 356 g/mol. The van der Waals surface area contributed by atoms with Gasteiger partial charge < -0.3 is 9.88 Å². The highest BCUT2D eigenvalue weighted by Gasteiger charge is 2.10. The van der Waals surface area contributed by atoms with Gasteiger partial charge in [-0.15, -0.1) is 0 Å². The molecule has 0 spiro atoms. The van der Waals surface area contributed by atoms with Crippen LogP contribution >= 0.6 is 11.6 Å². The Labute approximate surface area is 152 Å². The van der Waals surface area contributed by atoms with Crippen LogP contribution in [0.25, 0.3) is 11.0 Å². The number of hydrogen-bond donors (Lipinski definition) is 1. The number of imidazole rings is 1. The standard InChI is InChI=1S/C19H21ClN4O/c1-13-8-17-18(9-14(13)2)24(11-21-17)12-23(3)10-19(25)22-16-6-4-15(20)5-7-16/h4-9,11H,10,12H2,1-3H3,(H,22,25). The van der Waals surface area contributed by atoms with Crippen molar-refractivity contribution in [2.45, 2.75) is 20.5 Å². The van der Waals surface area contributed by atoms with Gasteiger partial charge in [-0.05, 0) is 68.4 Å². The molecule has 130 valence electrons. The fourth-order valence-electron chi connectivity index (χ4n) is 2.71. The SMILES string of the molecule is Cc1cc2ncn(CN(C)CC(=O)Nc3ccc(Cl)cc3)c2cc1C. The van der Waals surface area contributed by atoms with Crippen LogP contribution in [-0.2, 0) is 11.5 Å². The number of likely N-dealkylation sites (N-methyl/N-ethyl adjacent to an activating group) is 1. The Morgan fingerprint density at radius 1 is 1.20 bits per heavy atom. The third-order valence-electron chi connectivity index (χ3n) is 4.17. The number of carbonyl (C=O) groups is 1. The van der Waals surface area contributed by atoms with Crippen LogP contribution in [0.2, 0.25) is 5.02 Å². The number of fused-ring (bicyclic) bond motifs is 1. The summed E-state index contributed by atoms with van der Waals surface area (Å²) in [6.07, 6.45) is 1.82. The number of rotatable bonds is 5. The molecule has 0 aliphatic heterocycles. The molecule has 5 nitrogen and oxygen atoms in total. The molecular formula is C19H21ClN4O. The van der Waals surface area contributed by atoms with E-state index in [4.69, 9.17) is 11.6 Å². The molecule has 1 heterocycles. The average Bonchev–Trinajstić information content (AvgIpc) is 2.92. The summed E-state index contributed by atoms with van der Waals surface area (Å²) in [4.78, 5) is 18.6. The molecular weight excluding hydrogens is 336 g/mol. The largest absolute Gasteiger partial charge is 0.325 e. The number of amides is 1. The summed E-state index contributed by atoms with van der Waals surface area (Å²) >= 11 is 5.85. The van der Waals surface area contributed by atoms with Gasteiger partial charge in [0.1, 0.15) is 0 Å². The van der Waals surface area contributed by atoms with Gasteiger partial charge in [0.2, 0.25) is 5.91 Å². The molecule has 0 aliphatic rings. The van der Waals surface area contributed by atoms with Gasteiger partial charge in [0, 0.05) is 10.7 Å². The van der Waals surface area contributed by atoms with Crippen molar-refractivity contribution in [2.75, 3.05) is 18.9 Å². The Balaban J connectivity index is 1.64. The van der Waals surface area contributed by atoms with Crippen molar-refractivity contribution in [3.63, 3.8) is 0 Å². The maximum absolute atomic E-state index is 12.2. The molecule has 25 heavy (non-hydrogen) atoms. The van der Waals surface area contributed by atoms with Gasteiger partial charge in [0.15, 0.2) is 0 Å². The maximum Gasteiger partial charge on any atom is 0.238 e. The van der Waals surface area contributed by atoms with E-state index in [1.165, 1.54) is 11.1 Å². The Morgan fingerprint density at radius 3 is 2.60 bits per heavy atom. The van der Waals surface area contributed by atoms with Crippen molar-refractivity contribution in [3.05, 3.63) is 58.9 Å². The highest BCUT2D eigenvalue weighted by atomic mass is 35.5. The second kappa shape index (κ2) is 7.25. The highest BCUT2D eigenvalue weighted by Crippen LogP contribution is 2.18. The lowest BCUT2D eigenvalue weighted by Gasteiger charge is -2.17. The molecule has 0 radical (unpaired) electrons. The first-order chi connectivity index (χ1) is 11.9. The van der Waals surface area contributed by atoms with Gasteiger partial charge in [-0.3, -0.25) is 9.69 Å². The molecule has 2 aromatic carbocycles. The molecule has 1 N–H and O–H groups in total. The molecule has 1 amide bonds. The van der Waals surface area contributed by atoms with Gasteiger partial charge in [-0.1, -0.05) is 11.6 Å². The summed E-state index contributed by atoms with van der Waals surface area (Å²) in [6.45, 7) is 5.05. The van der Waals surface area contributed by atoms with Crippen LogP contribution in [0, 0.1) is 13.8 Å². The van der Waals surface area contributed by atoms with Crippen molar-refractivity contribution in [1.82, 2.24) is 14.5 Å². The number of carbonyl (C=O) groups excluding carboxylic acids is 1. The van der Waals surface area contributed by atoms with E-state index in [0.717, 1.165) is 16.7 Å². The van der Waals surface area contributed by atoms with E-state index in [-0.39, 0.29) is 12.5 Å². The summed E-state index contributed by atoms with van der Waals surface area (Å²) in [5.74, 6) is -0.0683. The van der Waals surface area contributed by atoms with Crippen molar-refractivity contribution < 1.29 is 4.79 Å². The van der Waals surface area contributed by atoms with E-state index >= 15 is 0 Å². The van der Waals surface area contributed by atoms with Crippen LogP contribution in [0.15, 0.2) is 42.7 Å². The van der Waals surface area contributed by atoms with Crippen LogP contribution in [0.3, 0.4) is 0 Å². The molecule has 0 bridgehead atoms. The molecule has 0 unspecified atom stereocenters. The van der Waals surface area contributed by atoms with Crippen LogP contribution in [-0.4, -0.2) is 34.0 Å². The lowest BCUT2D eigenvalue weighted by molar-refractivity contribution is -0.117. The normalized spacial score (nSPS) is 11.2. The summed E-state index contributed by atoms with van der Waals surface area (Å²) in [5.41, 5.74) is 5.25. The topological polar surface area (TPSA) is 50.2 Å². The Bertz CT molecular complexity index is 902. The van der Waals surface area contributed by atoms with Gasteiger partial charge in [0.05, 0.1) is 30.6 Å². The van der Waals surface area contributed by atoms with E-state index in [0.29, 0.717) is 11.7 Å².